The molecule has 0 bridgehead atoms. The number of rotatable bonds is 5. The SMILES string of the molecule is Cc1cc([N+](=O)[O-])cnc1N1CC[C@H](Oc2cccnc2N(C)C)C1. The van der Waals surface area contributed by atoms with Crippen molar-refractivity contribution in [1.82, 2.24) is 9.97 Å². The first-order valence-corrected chi connectivity index (χ1v) is 8.10. The molecule has 1 atom stereocenters. The Kier molecular flexibility index (Phi) is 4.69. The summed E-state index contributed by atoms with van der Waals surface area (Å²) in [5.41, 5.74) is 0.810. The van der Waals surface area contributed by atoms with Gasteiger partial charge in [0.15, 0.2) is 11.6 Å². The van der Waals surface area contributed by atoms with E-state index in [2.05, 4.69) is 14.9 Å². The Bertz CT molecular complexity index is 781. The standard InChI is InChI=1S/C17H21N5O3/c1-12-9-13(22(23)24)10-19-16(12)21-8-6-14(11-21)25-15-5-4-7-18-17(15)20(2)3/h4-5,7,9-10,14H,6,8,11H2,1-3H3/t14-/m0/s1. The van der Waals surface area contributed by atoms with Crippen molar-refractivity contribution in [2.24, 2.45) is 0 Å². The quantitative estimate of drug-likeness (QED) is 0.609. The molecule has 2 aromatic heterocycles. The van der Waals surface area contributed by atoms with Crippen LogP contribution in [-0.4, -0.2) is 48.2 Å². The van der Waals surface area contributed by atoms with Crippen LogP contribution in [0.15, 0.2) is 30.6 Å². The fourth-order valence-corrected chi connectivity index (χ4v) is 2.99. The van der Waals surface area contributed by atoms with Crippen molar-refractivity contribution in [3.63, 3.8) is 0 Å². The zero-order valence-electron chi connectivity index (χ0n) is 14.5. The lowest BCUT2D eigenvalue weighted by molar-refractivity contribution is -0.385. The van der Waals surface area contributed by atoms with E-state index in [0.717, 1.165) is 35.9 Å². The van der Waals surface area contributed by atoms with Crippen molar-refractivity contribution in [3.8, 4) is 5.75 Å². The predicted octanol–water partition coefficient (Wildman–Crippen LogP) is 2.42. The van der Waals surface area contributed by atoms with Crippen LogP contribution < -0.4 is 14.5 Å². The van der Waals surface area contributed by atoms with E-state index < -0.39 is 4.92 Å². The highest BCUT2D eigenvalue weighted by Crippen LogP contribution is 2.29. The van der Waals surface area contributed by atoms with Gasteiger partial charge in [-0.3, -0.25) is 10.1 Å². The van der Waals surface area contributed by atoms with Crippen LogP contribution in [0.25, 0.3) is 0 Å². The van der Waals surface area contributed by atoms with Crippen LogP contribution in [0.5, 0.6) is 5.75 Å². The van der Waals surface area contributed by atoms with Gasteiger partial charge in [-0.05, 0) is 24.6 Å². The van der Waals surface area contributed by atoms with Crippen molar-refractivity contribution in [3.05, 3.63) is 46.3 Å². The van der Waals surface area contributed by atoms with E-state index in [-0.39, 0.29) is 11.8 Å². The number of pyridine rings is 2. The number of hydrogen-bond donors (Lipinski definition) is 0. The van der Waals surface area contributed by atoms with Crippen LogP contribution in [0.1, 0.15) is 12.0 Å². The number of nitrogens with zero attached hydrogens (tertiary/aromatic N) is 5. The van der Waals surface area contributed by atoms with Gasteiger partial charge in [0.25, 0.3) is 5.69 Å². The molecule has 25 heavy (non-hydrogen) atoms. The van der Waals surface area contributed by atoms with Gasteiger partial charge in [0, 0.05) is 39.3 Å². The fourth-order valence-electron chi connectivity index (χ4n) is 2.99. The third kappa shape index (κ3) is 3.62. The lowest BCUT2D eigenvalue weighted by atomic mass is 10.2. The highest BCUT2D eigenvalue weighted by molar-refractivity contribution is 5.53. The lowest BCUT2D eigenvalue weighted by Gasteiger charge is -2.21. The first-order chi connectivity index (χ1) is 12.0. The summed E-state index contributed by atoms with van der Waals surface area (Å²) in [6.45, 7) is 3.33. The van der Waals surface area contributed by atoms with E-state index in [1.54, 1.807) is 12.3 Å². The summed E-state index contributed by atoms with van der Waals surface area (Å²) in [6.07, 6.45) is 3.94. The van der Waals surface area contributed by atoms with Crippen LogP contribution in [0.3, 0.4) is 0 Å². The van der Waals surface area contributed by atoms with Gasteiger partial charge >= 0.3 is 0 Å². The average Bonchev–Trinajstić information content (AvgIpc) is 3.03. The number of anilines is 2. The Morgan fingerprint density at radius 2 is 2.20 bits per heavy atom. The number of aromatic nitrogens is 2. The highest BCUT2D eigenvalue weighted by atomic mass is 16.6. The number of aryl methyl sites for hydroxylation is 1. The van der Waals surface area contributed by atoms with Crippen LogP contribution in [0.4, 0.5) is 17.3 Å². The van der Waals surface area contributed by atoms with Gasteiger partial charge in [0.2, 0.25) is 0 Å². The average molecular weight is 343 g/mol. The smallest absolute Gasteiger partial charge is 0.287 e. The molecule has 2 aromatic rings. The number of ether oxygens (including phenoxy) is 1. The van der Waals surface area contributed by atoms with Crippen molar-refractivity contribution in [1.29, 1.82) is 0 Å². The summed E-state index contributed by atoms with van der Waals surface area (Å²) in [5.74, 6) is 2.33. The summed E-state index contributed by atoms with van der Waals surface area (Å²) < 4.78 is 6.14. The van der Waals surface area contributed by atoms with Crippen LogP contribution in [-0.2, 0) is 0 Å². The minimum absolute atomic E-state index is 0.0132. The van der Waals surface area contributed by atoms with Gasteiger partial charge in [-0.2, -0.15) is 0 Å². The third-order valence-corrected chi connectivity index (χ3v) is 4.16. The molecule has 0 spiro atoms. The molecule has 0 radical (unpaired) electrons. The van der Waals surface area contributed by atoms with Crippen LogP contribution in [0, 0.1) is 17.0 Å². The molecule has 8 nitrogen and oxygen atoms in total. The second-order valence-corrected chi connectivity index (χ2v) is 6.29. The minimum atomic E-state index is -0.426. The molecule has 0 aliphatic carbocycles. The van der Waals surface area contributed by atoms with E-state index in [0.29, 0.717) is 6.54 Å². The van der Waals surface area contributed by atoms with E-state index in [4.69, 9.17) is 4.74 Å². The zero-order chi connectivity index (χ0) is 18.0. The Labute approximate surface area is 146 Å². The minimum Gasteiger partial charge on any atom is -0.485 e. The van der Waals surface area contributed by atoms with Crippen LogP contribution in [0.2, 0.25) is 0 Å². The molecule has 0 unspecified atom stereocenters. The van der Waals surface area contributed by atoms with Crippen molar-refractivity contribution in [2.45, 2.75) is 19.4 Å². The molecule has 3 rings (SSSR count). The fraction of sp³-hybridized carbons (Fsp3) is 0.412. The maximum absolute atomic E-state index is 10.8. The topological polar surface area (TPSA) is 84.6 Å². The molecule has 132 valence electrons. The molecule has 0 saturated carbocycles. The molecular formula is C17H21N5O3. The van der Waals surface area contributed by atoms with Gasteiger partial charge in [-0.1, -0.05) is 0 Å². The van der Waals surface area contributed by atoms with E-state index in [1.165, 1.54) is 6.20 Å². The van der Waals surface area contributed by atoms with E-state index in [9.17, 15) is 10.1 Å². The van der Waals surface area contributed by atoms with Gasteiger partial charge in [-0.15, -0.1) is 0 Å². The van der Waals surface area contributed by atoms with Crippen molar-refractivity contribution >= 4 is 17.3 Å². The summed E-state index contributed by atoms with van der Waals surface area (Å²) in [6, 6.07) is 5.33. The molecule has 8 heteroatoms. The summed E-state index contributed by atoms with van der Waals surface area (Å²) in [4.78, 5) is 23.1. The molecule has 1 aliphatic rings. The van der Waals surface area contributed by atoms with Gasteiger partial charge in [0.05, 0.1) is 11.5 Å². The second-order valence-electron chi connectivity index (χ2n) is 6.29. The molecule has 3 heterocycles. The molecule has 1 saturated heterocycles. The molecule has 0 amide bonds. The first kappa shape index (κ1) is 16.9. The Balaban J connectivity index is 1.71. The van der Waals surface area contributed by atoms with Gasteiger partial charge in [-0.25, -0.2) is 9.97 Å². The van der Waals surface area contributed by atoms with E-state index in [1.807, 2.05) is 38.1 Å². The Morgan fingerprint density at radius 3 is 2.88 bits per heavy atom. The largest absolute Gasteiger partial charge is 0.485 e. The van der Waals surface area contributed by atoms with E-state index >= 15 is 0 Å². The second kappa shape index (κ2) is 6.92. The molecular weight excluding hydrogens is 322 g/mol. The number of nitro groups is 1. The number of hydrogen-bond acceptors (Lipinski definition) is 7. The first-order valence-electron chi connectivity index (χ1n) is 8.10. The summed E-state index contributed by atoms with van der Waals surface area (Å²) in [5, 5.41) is 10.8. The van der Waals surface area contributed by atoms with Crippen LogP contribution >= 0.6 is 0 Å². The van der Waals surface area contributed by atoms with Crippen molar-refractivity contribution < 1.29 is 9.66 Å². The monoisotopic (exact) mass is 343 g/mol. The van der Waals surface area contributed by atoms with Gasteiger partial charge in [0.1, 0.15) is 18.1 Å². The molecule has 1 fully saturated rings. The van der Waals surface area contributed by atoms with Gasteiger partial charge < -0.3 is 14.5 Å². The Hall–Kier alpha value is -2.90. The lowest BCUT2D eigenvalue weighted by Crippen LogP contribution is -2.26. The predicted molar refractivity (Wildman–Crippen MR) is 95.4 cm³/mol. The Morgan fingerprint density at radius 1 is 1.40 bits per heavy atom. The maximum atomic E-state index is 10.8. The highest BCUT2D eigenvalue weighted by Gasteiger charge is 2.27. The molecule has 0 aromatic carbocycles. The third-order valence-electron chi connectivity index (χ3n) is 4.16. The summed E-state index contributed by atoms with van der Waals surface area (Å²) >= 11 is 0. The molecule has 1 aliphatic heterocycles. The zero-order valence-corrected chi connectivity index (χ0v) is 14.5. The summed E-state index contributed by atoms with van der Waals surface area (Å²) in [7, 11) is 3.86. The molecule has 0 N–H and O–H groups in total. The maximum Gasteiger partial charge on any atom is 0.287 e. The normalized spacial score (nSPS) is 16.8. The van der Waals surface area contributed by atoms with Crippen molar-refractivity contribution in [2.75, 3.05) is 37.0 Å².